The van der Waals surface area contributed by atoms with Gasteiger partial charge in [-0.2, -0.15) is 0 Å². The van der Waals surface area contributed by atoms with Gasteiger partial charge in [-0.05, 0) is 35.9 Å². The van der Waals surface area contributed by atoms with Crippen LogP contribution in [-0.4, -0.2) is 22.8 Å². The minimum Gasteiger partial charge on any atom is -0.488 e. The number of nitrogens with one attached hydrogen (secondary N) is 1. The van der Waals surface area contributed by atoms with E-state index in [-0.39, 0.29) is 23.6 Å². The number of barbiturate groups is 1. The maximum absolute atomic E-state index is 13.1. The Bertz CT molecular complexity index is 1350. The number of nitro groups is 1. The molecule has 0 atom stereocenters. The molecule has 0 radical (unpaired) electrons. The van der Waals surface area contributed by atoms with Crippen LogP contribution in [0.4, 0.5) is 16.2 Å². The SMILES string of the molecule is O=C1NC(=O)N(c2cccc(Cl)c2)C(=O)/C1=C/c1ccccc1OCc1cccc([N+](=O)[O-])c1. The van der Waals surface area contributed by atoms with Crippen LogP contribution < -0.4 is 15.0 Å². The summed E-state index contributed by atoms with van der Waals surface area (Å²) in [6.45, 7) is 0.0230. The van der Waals surface area contributed by atoms with E-state index in [4.69, 9.17) is 16.3 Å². The Kier molecular flexibility index (Phi) is 6.37. The van der Waals surface area contributed by atoms with Crippen molar-refractivity contribution in [2.24, 2.45) is 0 Å². The quantitative estimate of drug-likeness (QED) is 0.242. The number of carbonyl (C=O) groups is 3. The fraction of sp³-hybridized carbons (Fsp3) is 0.0417. The predicted octanol–water partition coefficient (Wildman–Crippen LogP) is 4.49. The van der Waals surface area contributed by atoms with Gasteiger partial charge < -0.3 is 4.74 Å². The van der Waals surface area contributed by atoms with Gasteiger partial charge in [0, 0.05) is 22.7 Å². The summed E-state index contributed by atoms with van der Waals surface area (Å²) in [5.74, 6) is -1.32. The van der Waals surface area contributed by atoms with Crippen LogP contribution >= 0.6 is 11.6 Å². The zero-order valence-corrected chi connectivity index (χ0v) is 18.2. The number of halogens is 1. The number of amides is 4. The van der Waals surface area contributed by atoms with Gasteiger partial charge in [0.15, 0.2) is 0 Å². The molecule has 3 aromatic carbocycles. The number of nitrogens with zero attached hydrogens (tertiary/aromatic N) is 2. The molecule has 170 valence electrons. The van der Waals surface area contributed by atoms with Crippen LogP contribution in [-0.2, 0) is 16.2 Å². The molecule has 0 bridgehead atoms. The van der Waals surface area contributed by atoms with E-state index in [2.05, 4.69) is 5.32 Å². The minimum atomic E-state index is -0.885. The Morgan fingerprint density at radius 2 is 1.76 bits per heavy atom. The predicted molar refractivity (Wildman–Crippen MR) is 124 cm³/mol. The first-order valence-electron chi connectivity index (χ1n) is 9.95. The molecule has 10 heteroatoms. The third-order valence-corrected chi connectivity index (χ3v) is 5.14. The van der Waals surface area contributed by atoms with E-state index >= 15 is 0 Å². The number of benzene rings is 3. The van der Waals surface area contributed by atoms with Crippen molar-refractivity contribution in [1.82, 2.24) is 5.32 Å². The Hall–Kier alpha value is -4.50. The minimum absolute atomic E-state index is 0.0230. The molecule has 1 saturated heterocycles. The summed E-state index contributed by atoms with van der Waals surface area (Å²) in [6, 6.07) is 17.9. The first-order valence-corrected chi connectivity index (χ1v) is 10.3. The lowest BCUT2D eigenvalue weighted by Crippen LogP contribution is -2.54. The van der Waals surface area contributed by atoms with Crippen LogP contribution in [0.25, 0.3) is 6.08 Å². The van der Waals surface area contributed by atoms with Crippen LogP contribution in [0.15, 0.2) is 78.4 Å². The molecule has 1 aliphatic rings. The number of hydrogen-bond acceptors (Lipinski definition) is 6. The first kappa shape index (κ1) is 22.7. The highest BCUT2D eigenvalue weighted by atomic mass is 35.5. The molecule has 4 amide bonds. The van der Waals surface area contributed by atoms with Gasteiger partial charge in [0.1, 0.15) is 17.9 Å². The van der Waals surface area contributed by atoms with E-state index in [1.807, 2.05) is 0 Å². The van der Waals surface area contributed by atoms with E-state index < -0.39 is 22.8 Å². The molecule has 3 aromatic rings. The van der Waals surface area contributed by atoms with Crippen molar-refractivity contribution in [3.05, 3.63) is 105 Å². The van der Waals surface area contributed by atoms with Crippen molar-refractivity contribution in [3.8, 4) is 5.75 Å². The zero-order valence-electron chi connectivity index (χ0n) is 17.4. The Morgan fingerprint density at radius 1 is 1.00 bits per heavy atom. The highest BCUT2D eigenvalue weighted by molar-refractivity contribution is 6.39. The number of nitro benzene ring substituents is 1. The topological polar surface area (TPSA) is 119 Å². The molecule has 1 aliphatic heterocycles. The van der Waals surface area contributed by atoms with Crippen molar-refractivity contribution in [2.45, 2.75) is 6.61 Å². The van der Waals surface area contributed by atoms with Gasteiger partial charge in [-0.1, -0.05) is 48.0 Å². The van der Waals surface area contributed by atoms with E-state index in [1.54, 1.807) is 48.5 Å². The lowest BCUT2D eigenvalue weighted by atomic mass is 10.1. The molecule has 4 rings (SSSR count). The van der Waals surface area contributed by atoms with Gasteiger partial charge >= 0.3 is 6.03 Å². The summed E-state index contributed by atoms with van der Waals surface area (Å²) in [6.07, 6.45) is 1.32. The van der Waals surface area contributed by atoms with Crippen LogP contribution in [0.3, 0.4) is 0 Å². The molecule has 0 spiro atoms. The maximum atomic E-state index is 13.1. The molecule has 0 aromatic heterocycles. The normalized spacial score (nSPS) is 14.8. The van der Waals surface area contributed by atoms with Gasteiger partial charge in [0.2, 0.25) is 0 Å². The maximum Gasteiger partial charge on any atom is 0.335 e. The van der Waals surface area contributed by atoms with E-state index in [0.29, 0.717) is 21.9 Å². The Balaban J connectivity index is 1.63. The van der Waals surface area contributed by atoms with E-state index in [1.165, 1.54) is 30.3 Å². The Morgan fingerprint density at radius 3 is 2.53 bits per heavy atom. The summed E-state index contributed by atoms with van der Waals surface area (Å²) in [7, 11) is 0. The van der Waals surface area contributed by atoms with Crippen LogP contribution in [0.2, 0.25) is 5.02 Å². The number of rotatable bonds is 6. The average Bonchev–Trinajstić information content (AvgIpc) is 2.81. The summed E-state index contributed by atoms with van der Waals surface area (Å²) >= 11 is 5.98. The summed E-state index contributed by atoms with van der Waals surface area (Å²) in [5.41, 5.74) is 0.856. The van der Waals surface area contributed by atoms with Crippen molar-refractivity contribution in [1.29, 1.82) is 0 Å². The molecule has 1 heterocycles. The van der Waals surface area contributed by atoms with Crippen LogP contribution in [0.1, 0.15) is 11.1 Å². The first-order chi connectivity index (χ1) is 16.3. The fourth-order valence-corrected chi connectivity index (χ4v) is 3.50. The number of anilines is 1. The summed E-state index contributed by atoms with van der Waals surface area (Å²) < 4.78 is 5.81. The number of hydrogen-bond donors (Lipinski definition) is 1. The lowest BCUT2D eigenvalue weighted by molar-refractivity contribution is -0.384. The van der Waals surface area contributed by atoms with E-state index in [9.17, 15) is 24.5 Å². The van der Waals surface area contributed by atoms with Gasteiger partial charge in [-0.3, -0.25) is 25.0 Å². The molecule has 9 nitrogen and oxygen atoms in total. The zero-order chi connectivity index (χ0) is 24.2. The second-order valence-corrected chi connectivity index (χ2v) is 7.63. The molecular formula is C24H16ClN3O6. The second kappa shape index (κ2) is 9.55. The monoisotopic (exact) mass is 477 g/mol. The third kappa shape index (κ3) is 4.79. The fourth-order valence-electron chi connectivity index (χ4n) is 3.31. The molecule has 0 saturated carbocycles. The van der Waals surface area contributed by atoms with Crippen molar-refractivity contribution < 1.29 is 24.0 Å². The smallest absolute Gasteiger partial charge is 0.335 e. The standard InChI is InChI=1S/C24H16ClN3O6/c25-17-7-4-8-18(13-17)27-23(30)20(22(29)26-24(27)31)12-16-6-1-2-10-21(16)34-14-15-5-3-9-19(11-15)28(32)33/h1-13H,14H2,(H,26,29,31)/b20-12+. The summed E-state index contributed by atoms with van der Waals surface area (Å²) in [4.78, 5) is 49.2. The third-order valence-electron chi connectivity index (χ3n) is 4.90. The number of urea groups is 1. The number of ether oxygens (including phenoxy) is 1. The molecule has 0 aliphatic carbocycles. The van der Waals surface area contributed by atoms with Gasteiger partial charge in [0.25, 0.3) is 17.5 Å². The van der Waals surface area contributed by atoms with Gasteiger partial charge in [-0.25, -0.2) is 9.69 Å². The van der Waals surface area contributed by atoms with Gasteiger partial charge in [-0.15, -0.1) is 0 Å². The number of non-ortho nitro benzene ring substituents is 1. The van der Waals surface area contributed by atoms with Crippen molar-refractivity contribution in [2.75, 3.05) is 4.90 Å². The average molecular weight is 478 g/mol. The summed E-state index contributed by atoms with van der Waals surface area (Å²) in [5, 5.41) is 13.5. The molecule has 1 N–H and O–H groups in total. The molecule has 0 unspecified atom stereocenters. The largest absolute Gasteiger partial charge is 0.488 e. The van der Waals surface area contributed by atoms with Crippen LogP contribution in [0, 0.1) is 10.1 Å². The second-order valence-electron chi connectivity index (χ2n) is 7.19. The van der Waals surface area contributed by atoms with Crippen molar-refractivity contribution in [3.63, 3.8) is 0 Å². The molecule has 1 fully saturated rings. The number of imide groups is 2. The highest BCUT2D eigenvalue weighted by Gasteiger charge is 2.37. The molecular weight excluding hydrogens is 462 g/mol. The number of para-hydroxylation sites is 1. The van der Waals surface area contributed by atoms with Crippen LogP contribution in [0.5, 0.6) is 5.75 Å². The van der Waals surface area contributed by atoms with E-state index in [0.717, 1.165) is 4.90 Å². The molecule has 34 heavy (non-hydrogen) atoms. The highest BCUT2D eigenvalue weighted by Crippen LogP contribution is 2.27. The van der Waals surface area contributed by atoms with Crippen molar-refractivity contribution >= 4 is 46.9 Å². The lowest BCUT2D eigenvalue weighted by Gasteiger charge is -2.26. The number of carbonyl (C=O) groups excluding carboxylic acids is 3. The van der Waals surface area contributed by atoms with Gasteiger partial charge in [0.05, 0.1) is 10.6 Å². The Labute approximate surface area is 198 Å².